The zero-order valence-electron chi connectivity index (χ0n) is 13.3. The van der Waals surface area contributed by atoms with E-state index >= 15 is 0 Å². The van der Waals surface area contributed by atoms with Crippen LogP contribution in [0.3, 0.4) is 0 Å². The van der Waals surface area contributed by atoms with Crippen LogP contribution in [0.25, 0.3) is 0 Å². The molecule has 1 atom stereocenters. The highest BCUT2D eigenvalue weighted by Gasteiger charge is 2.39. The molecule has 0 unspecified atom stereocenters. The molecule has 3 rings (SSSR count). The maximum Gasteiger partial charge on any atom is 0.107 e. The van der Waals surface area contributed by atoms with Crippen molar-refractivity contribution in [2.75, 3.05) is 39.4 Å². The van der Waals surface area contributed by atoms with Gasteiger partial charge >= 0.3 is 0 Å². The van der Waals surface area contributed by atoms with Crippen molar-refractivity contribution in [3.8, 4) is 0 Å². The molecule has 0 amide bonds. The lowest BCUT2D eigenvalue weighted by atomic mass is 9.80. The molecule has 2 fully saturated rings. The van der Waals surface area contributed by atoms with Crippen LogP contribution in [-0.2, 0) is 11.3 Å². The first-order valence-corrected chi connectivity index (χ1v) is 8.97. The predicted octanol–water partition coefficient (Wildman–Crippen LogP) is 2.47. The van der Waals surface area contributed by atoms with Gasteiger partial charge in [0.1, 0.15) is 5.01 Å². The molecule has 0 aromatic carbocycles. The highest BCUT2D eigenvalue weighted by Crippen LogP contribution is 2.34. The maximum absolute atomic E-state index is 5.97. The Labute approximate surface area is 132 Å². The van der Waals surface area contributed by atoms with Gasteiger partial charge in [0, 0.05) is 42.7 Å². The van der Waals surface area contributed by atoms with Crippen LogP contribution in [0.4, 0.5) is 0 Å². The summed E-state index contributed by atoms with van der Waals surface area (Å²) in [7, 11) is 0. The van der Waals surface area contributed by atoms with Gasteiger partial charge in [-0.3, -0.25) is 9.80 Å². The summed E-state index contributed by atoms with van der Waals surface area (Å²) in [6.07, 6.45) is 4.49. The summed E-state index contributed by atoms with van der Waals surface area (Å²) in [5, 5.41) is 3.31. The number of nitrogens with zero attached hydrogens (tertiary/aromatic N) is 3. The Bertz CT molecular complexity index is 437. The van der Waals surface area contributed by atoms with Crippen LogP contribution in [0.5, 0.6) is 0 Å². The Balaban J connectivity index is 1.67. The van der Waals surface area contributed by atoms with Crippen molar-refractivity contribution >= 4 is 11.3 Å². The first-order chi connectivity index (χ1) is 10.2. The number of likely N-dealkylation sites (tertiary alicyclic amines) is 1. The molecule has 5 heteroatoms. The second kappa shape index (κ2) is 6.73. The molecule has 4 nitrogen and oxygen atoms in total. The molecule has 1 aromatic rings. The second-order valence-corrected chi connectivity index (χ2v) is 7.84. The Morgan fingerprint density at radius 2 is 2.29 bits per heavy atom. The van der Waals surface area contributed by atoms with Gasteiger partial charge in [0.05, 0.1) is 19.8 Å². The lowest BCUT2D eigenvalue weighted by Gasteiger charge is -2.44. The molecular weight excluding hydrogens is 282 g/mol. The zero-order chi connectivity index (χ0) is 14.7. The van der Waals surface area contributed by atoms with E-state index in [0.717, 1.165) is 32.8 Å². The Morgan fingerprint density at radius 1 is 1.38 bits per heavy atom. The summed E-state index contributed by atoms with van der Waals surface area (Å²) in [6.45, 7) is 12.0. The molecule has 1 aromatic heterocycles. The third-order valence-corrected chi connectivity index (χ3v) is 5.55. The van der Waals surface area contributed by atoms with Crippen LogP contribution in [-0.4, -0.2) is 60.2 Å². The lowest BCUT2D eigenvalue weighted by molar-refractivity contribution is 0.000953. The SMILES string of the molecule is CC(C)N1CCOC[C@@]2(CCCN(Cc3nccs3)C2)C1. The molecule has 21 heavy (non-hydrogen) atoms. The largest absolute Gasteiger partial charge is 0.379 e. The monoisotopic (exact) mass is 309 g/mol. The summed E-state index contributed by atoms with van der Waals surface area (Å²) in [4.78, 5) is 9.62. The minimum atomic E-state index is 0.316. The molecule has 118 valence electrons. The highest BCUT2D eigenvalue weighted by molar-refractivity contribution is 7.09. The molecule has 0 N–H and O–H groups in total. The van der Waals surface area contributed by atoms with E-state index in [1.165, 1.54) is 30.9 Å². The van der Waals surface area contributed by atoms with Crippen LogP contribution in [0.2, 0.25) is 0 Å². The Kier molecular flexibility index (Phi) is 4.94. The molecule has 3 heterocycles. The lowest BCUT2D eigenvalue weighted by Crippen LogP contribution is -2.51. The van der Waals surface area contributed by atoms with Crippen molar-refractivity contribution in [3.63, 3.8) is 0 Å². The fraction of sp³-hybridized carbons (Fsp3) is 0.812. The average molecular weight is 309 g/mol. The number of hydrogen-bond acceptors (Lipinski definition) is 5. The number of rotatable bonds is 3. The van der Waals surface area contributed by atoms with E-state index in [9.17, 15) is 0 Å². The molecule has 0 bridgehead atoms. The quantitative estimate of drug-likeness (QED) is 0.857. The first-order valence-electron chi connectivity index (χ1n) is 8.09. The van der Waals surface area contributed by atoms with Gasteiger partial charge in [0.25, 0.3) is 0 Å². The van der Waals surface area contributed by atoms with E-state index in [4.69, 9.17) is 4.74 Å². The van der Waals surface area contributed by atoms with Gasteiger partial charge in [-0.2, -0.15) is 0 Å². The van der Waals surface area contributed by atoms with Crippen molar-refractivity contribution in [2.24, 2.45) is 5.41 Å². The highest BCUT2D eigenvalue weighted by atomic mass is 32.1. The van der Waals surface area contributed by atoms with E-state index in [2.05, 4.69) is 34.0 Å². The van der Waals surface area contributed by atoms with Crippen molar-refractivity contribution in [1.29, 1.82) is 0 Å². The number of thiazole rings is 1. The normalized spacial score (nSPS) is 29.1. The third-order valence-electron chi connectivity index (χ3n) is 4.78. The standard InChI is InChI=1S/C16H27N3OS/c1-14(2)19-7-8-20-13-16(12-19)4-3-6-18(11-16)10-15-17-5-9-21-15/h5,9,14H,3-4,6-8,10-13H2,1-2H3/t16-/m1/s1. The van der Waals surface area contributed by atoms with Gasteiger partial charge in [-0.25, -0.2) is 4.98 Å². The Morgan fingerprint density at radius 3 is 3.05 bits per heavy atom. The van der Waals surface area contributed by atoms with Gasteiger partial charge in [0.15, 0.2) is 0 Å². The summed E-state index contributed by atoms with van der Waals surface area (Å²) < 4.78 is 5.97. The fourth-order valence-corrected chi connectivity index (χ4v) is 4.34. The molecule has 2 saturated heterocycles. The molecule has 2 aliphatic rings. The van der Waals surface area contributed by atoms with E-state index in [1.807, 2.05) is 6.20 Å². The zero-order valence-corrected chi connectivity index (χ0v) is 14.1. The third kappa shape index (κ3) is 3.83. The van der Waals surface area contributed by atoms with Crippen LogP contribution >= 0.6 is 11.3 Å². The van der Waals surface area contributed by atoms with Crippen molar-refractivity contribution in [3.05, 3.63) is 16.6 Å². The number of piperidine rings is 1. The van der Waals surface area contributed by atoms with Crippen molar-refractivity contribution in [2.45, 2.75) is 39.3 Å². The number of hydrogen-bond donors (Lipinski definition) is 0. The second-order valence-electron chi connectivity index (χ2n) is 6.86. The molecule has 0 radical (unpaired) electrons. The molecule has 0 aliphatic carbocycles. The summed E-state index contributed by atoms with van der Waals surface area (Å²) in [5.74, 6) is 0. The summed E-state index contributed by atoms with van der Waals surface area (Å²) in [6, 6.07) is 0.609. The van der Waals surface area contributed by atoms with Gasteiger partial charge < -0.3 is 4.74 Å². The van der Waals surface area contributed by atoms with E-state index in [0.29, 0.717) is 11.5 Å². The Hall–Kier alpha value is -0.490. The first kappa shape index (κ1) is 15.4. The maximum atomic E-state index is 5.97. The van der Waals surface area contributed by atoms with E-state index in [1.54, 1.807) is 11.3 Å². The van der Waals surface area contributed by atoms with Crippen LogP contribution in [0.1, 0.15) is 31.7 Å². The smallest absolute Gasteiger partial charge is 0.107 e. The molecule has 1 spiro atoms. The van der Waals surface area contributed by atoms with Gasteiger partial charge in [-0.15, -0.1) is 11.3 Å². The molecule has 2 aliphatic heterocycles. The van der Waals surface area contributed by atoms with Crippen molar-refractivity contribution < 1.29 is 4.74 Å². The topological polar surface area (TPSA) is 28.6 Å². The van der Waals surface area contributed by atoms with Crippen LogP contribution < -0.4 is 0 Å². The minimum absolute atomic E-state index is 0.316. The van der Waals surface area contributed by atoms with Crippen molar-refractivity contribution in [1.82, 2.24) is 14.8 Å². The van der Waals surface area contributed by atoms with E-state index in [-0.39, 0.29) is 0 Å². The molecule has 0 saturated carbocycles. The summed E-state index contributed by atoms with van der Waals surface area (Å²) in [5.41, 5.74) is 0.316. The van der Waals surface area contributed by atoms with Gasteiger partial charge in [-0.05, 0) is 33.2 Å². The predicted molar refractivity (Wildman–Crippen MR) is 86.6 cm³/mol. The van der Waals surface area contributed by atoms with E-state index < -0.39 is 0 Å². The average Bonchev–Trinajstić information content (AvgIpc) is 2.87. The number of ether oxygens (including phenoxy) is 1. The van der Waals surface area contributed by atoms with Gasteiger partial charge in [0.2, 0.25) is 0 Å². The molecular formula is C16H27N3OS. The van der Waals surface area contributed by atoms with Crippen LogP contribution in [0.15, 0.2) is 11.6 Å². The van der Waals surface area contributed by atoms with Gasteiger partial charge in [-0.1, -0.05) is 0 Å². The summed E-state index contributed by atoms with van der Waals surface area (Å²) >= 11 is 1.77. The fourth-order valence-electron chi connectivity index (χ4n) is 3.68. The number of aromatic nitrogens is 1. The van der Waals surface area contributed by atoms with Crippen LogP contribution in [0, 0.1) is 5.41 Å². The minimum Gasteiger partial charge on any atom is -0.379 e.